The quantitative estimate of drug-likeness (QED) is 0.789. The minimum absolute atomic E-state index is 0.117. The van der Waals surface area contributed by atoms with E-state index in [9.17, 15) is 14.4 Å². The first-order valence-corrected chi connectivity index (χ1v) is 9.97. The Morgan fingerprint density at radius 3 is 2.21 bits per heavy atom. The Bertz CT molecular complexity index is 731. The van der Waals surface area contributed by atoms with Crippen LogP contribution in [0.5, 0.6) is 0 Å². The molecule has 2 aliphatic heterocycles. The van der Waals surface area contributed by atoms with Crippen LogP contribution in [0.4, 0.5) is 4.79 Å². The van der Waals surface area contributed by atoms with E-state index in [4.69, 9.17) is 4.74 Å². The first kappa shape index (κ1) is 20.1. The molecule has 0 aromatic carbocycles. The largest absolute Gasteiger partial charge is 0.450 e. The zero-order valence-electron chi connectivity index (χ0n) is 16.6. The van der Waals surface area contributed by atoms with Crippen LogP contribution in [0.1, 0.15) is 47.7 Å². The number of hydrogen-bond acceptors (Lipinski definition) is 5. The number of carbonyl (C=O) groups excluding carboxylic acids is 3. The molecule has 8 nitrogen and oxygen atoms in total. The Morgan fingerprint density at radius 2 is 1.61 bits per heavy atom. The number of carbonyl (C=O) groups is 3. The maximum absolute atomic E-state index is 12.8. The predicted molar refractivity (Wildman–Crippen MR) is 103 cm³/mol. The molecular weight excluding hydrogens is 360 g/mol. The van der Waals surface area contributed by atoms with Crippen molar-refractivity contribution in [1.29, 1.82) is 0 Å². The van der Waals surface area contributed by atoms with Crippen LogP contribution in [0.3, 0.4) is 0 Å². The van der Waals surface area contributed by atoms with Crippen molar-refractivity contribution in [2.24, 2.45) is 5.92 Å². The average Bonchev–Trinajstić information content (AvgIpc) is 2.73. The minimum Gasteiger partial charge on any atom is -0.450 e. The number of amides is 3. The van der Waals surface area contributed by atoms with Crippen molar-refractivity contribution in [3.8, 4) is 0 Å². The van der Waals surface area contributed by atoms with E-state index in [1.54, 1.807) is 34.9 Å². The molecule has 0 aliphatic carbocycles. The smallest absolute Gasteiger partial charge is 0.409 e. The van der Waals surface area contributed by atoms with Crippen LogP contribution in [0.2, 0.25) is 0 Å². The maximum Gasteiger partial charge on any atom is 0.409 e. The molecule has 3 heterocycles. The molecule has 0 radical (unpaired) electrons. The molecule has 0 bridgehead atoms. The van der Waals surface area contributed by atoms with Gasteiger partial charge in [-0.15, -0.1) is 0 Å². The third-order valence-electron chi connectivity index (χ3n) is 5.22. The summed E-state index contributed by atoms with van der Waals surface area (Å²) in [6.45, 7) is 7.39. The van der Waals surface area contributed by atoms with Gasteiger partial charge in [0.05, 0.1) is 6.61 Å². The summed E-state index contributed by atoms with van der Waals surface area (Å²) in [5.74, 6) is 0.150. The Hall–Kier alpha value is -2.64. The third kappa shape index (κ3) is 4.61. The molecule has 1 aromatic rings. The van der Waals surface area contributed by atoms with Crippen molar-refractivity contribution < 1.29 is 19.1 Å². The molecule has 2 aliphatic rings. The van der Waals surface area contributed by atoms with Gasteiger partial charge in [0, 0.05) is 39.3 Å². The van der Waals surface area contributed by atoms with Crippen LogP contribution in [0.25, 0.3) is 0 Å². The van der Waals surface area contributed by atoms with Gasteiger partial charge in [-0.25, -0.2) is 9.78 Å². The van der Waals surface area contributed by atoms with Gasteiger partial charge in [0.2, 0.25) is 0 Å². The van der Waals surface area contributed by atoms with Crippen LogP contribution in [-0.2, 0) is 4.74 Å². The summed E-state index contributed by atoms with van der Waals surface area (Å²) in [5.41, 5.74) is 0.575. The molecule has 8 heteroatoms. The van der Waals surface area contributed by atoms with E-state index in [1.807, 2.05) is 4.90 Å². The van der Waals surface area contributed by atoms with E-state index in [0.29, 0.717) is 44.4 Å². The Balaban J connectivity index is 1.63. The number of hydrogen-bond donors (Lipinski definition) is 0. The summed E-state index contributed by atoms with van der Waals surface area (Å²) in [6.07, 6.45) is 1.78. The van der Waals surface area contributed by atoms with Gasteiger partial charge in [0.25, 0.3) is 11.8 Å². The fourth-order valence-corrected chi connectivity index (χ4v) is 3.68. The molecular formula is C20H28N4O4. The average molecular weight is 388 g/mol. The van der Waals surface area contributed by atoms with E-state index >= 15 is 0 Å². The summed E-state index contributed by atoms with van der Waals surface area (Å²) >= 11 is 0. The molecule has 3 amide bonds. The summed E-state index contributed by atoms with van der Waals surface area (Å²) < 4.78 is 5.00. The number of rotatable bonds is 3. The summed E-state index contributed by atoms with van der Waals surface area (Å²) in [6, 6.07) is 5.00. The second-order valence-electron chi connectivity index (χ2n) is 7.38. The number of piperidine rings is 1. The van der Waals surface area contributed by atoms with Crippen LogP contribution in [-0.4, -0.2) is 83.5 Å². The topological polar surface area (TPSA) is 83.0 Å². The molecule has 1 unspecified atom stereocenters. The lowest BCUT2D eigenvalue weighted by atomic mass is 10.00. The first-order valence-electron chi connectivity index (χ1n) is 9.97. The van der Waals surface area contributed by atoms with Crippen molar-refractivity contribution in [3.63, 3.8) is 0 Å². The van der Waals surface area contributed by atoms with Crippen LogP contribution in [0.15, 0.2) is 18.2 Å². The first-order chi connectivity index (χ1) is 13.5. The fourth-order valence-electron chi connectivity index (χ4n) is 3.68. The number of aromatic nitrogens is 1. The molecule has 3 rings (SSSR count). The molecule has 1 aromatic heterocycles. The van der Waals surface area contributed by atoms with Crippen molar-refractivity contribution in [2.45, 2.75) is 26.7 Å². The molecule has 2 saturated heterocycles. The van der Waals surface area contributed by atoms with E-state index in [-0.39, 0.29) is 23.6 Å². The lowest BCUT2D eigenvalue weighted by Gasteiger charge is -2.34. The van der Waals surface area contributed by atoms with Gasteiger partial charge in [0.1, 0.15) is 11.4 Å². The predicted octanol–water partition coefficient (Wildman–Crippen LogP) is 1.87. The molecule has 28 heavy (non-hydrogen) atoms. The highest BCUT2D eigenvalue weighted by atomic mass is 16.6. The highest BCUT2D eigenvalue weighted by Gasteiger charge is 2.27. The molecule has 0 saturated carbocycles. The lowest BCUT2D eigenvalue weighted by Crippen LogP contribution is -2.51. The van der Waals surface area contributed by atoms with Gasteiger partial charge in [-0.05, 0) is 37.8 Å². The number of ether oxygens (including phenoxy) is 1. The maximum atomic E-state index is 12.8. The van der Waals surface area contributed by atoms with Gasteiger partial charge < -0.3 is 19.4 Å². The van der Waals surface area contributed by atoms with Gasteiger partial charge in [-0.3, -0.25) is 9.59 Å². The van der Waals surface area contributed by atoms with Crippen molar-refractivity contribution >= 4 is 17.9 Å². The third-order valence-corrected chi connectivity index (χ3v) is 5.22. The second kappa shape index (κ2) is 9.03. The summed E-state index contributed by atoms with van der Waals surface area (Å²) in [7, 11) is 0. The normalized spacial score (nSPS) is 20.1. The standard InChI is InChI=1S/C20H28N4O4/c1-3-28-20(27)23-12-10-22(11-13-23)18(25)16-7-4-8-17(21-16)19(26)24-9-5-6-15(2)14-24/h4,7-8,15H,3,5-6,9-14H2,1-2H3. The number of likely N-dealkylation sites (tertiary alicyclic amines) is 1. The van der Waals surface area contributed by atoms with Crippen molar-refractivity contribution in [3.05, 3.63) is 29.6 Å². The molecule has 0 spiro atoms. The van der Waals surface area contributed by atoms with E-state index in [0.717, 1.165) is 25.9 Å². The molecule has 0 N–H and O–H groups in total. The van der Waals surface area contributed by atoms with E-state index < -0.39 is 0 Å². The molecule has 152 valence electrons. The SMILES string of the molecule is CCOC(=O)N1CCN(C(=O)c2cccc(C(=O)N3CCCC(C)C3)n2)CC1. The second-order valence-corrected chi connectivity index (χ2v) is 7.38. The van der Waals surface area contributed by atoms with Crippen LogP contribution < -0.4 is 0 Å². The molecule has 1 atom stereocenters. The van der Waals surface area contributed by atoms with Crippen molar-refractivity contribution in [1.82, 2.24) is 19.7 Å². The highest BCUT2D eigenvalue weighted by molar-refractivity contribution is 5.96. The minimum atomic E-state index is -0.351. The summed E-state index contributed by atoms with van der Waals surface area (Å²) in [5, 5.41) is 0. The van der Waals surface area contributed by atoms with E-state index in [1.165, 1.54) is 0 Å². The van der Waals surface area contributed by atoms with Crippen LogP contribution in [0, 0.1) is 5.92 Å². The van der Waals surface area contributed by atoms with Gasteiger partial charge in [-0.1, -0.05) is 13.0 Å². The van der Waals surface area contributed by atoms with Gasteiger partial charge >= 0.3 is 6.09 Å². The fraction of sp³-hybridized carbons (Fsp3) is 0.600. The van der Waals surface area contributed by atoms with Crippen LogP contribution >= 0.6 is 0 Å². The van der Waals surface area contributed by atoms with Crippen molar-refractivity contribution in [2.75, 3.05) is 45.9 Å². The van der Waals surface area contributed by atoms with Gasteiger partial charge in [0.15, 0.2) is 0 Å². The number of piperazine rings is 1. The Kier molecular flexibility index (Phi) is 6.49. The van der Waals surface area contributed by atoms with E-state index in [2.05, 4.69) is 11.9 Å². The lowest BCUT2D eigenvalue weighted by molar-refractivity contribution is 0.0565. The number of pyridine rings is 1. The highest BCUT2D eigenvalue weighted by Crippen LogP contribution is 2.18. The zero-order chi connectivity index (χ0) is 20.1. The monoisotopic (exact) mass is 388 g/mol. The summed E-state index contributed by atoms with van der Waals surface area (Å²) in [4.78, 5) is 46.8. The number of nitrogens with zero attached hydrogens (tertiary/aromatic N) is 4. The Labute approximate surface area is 165 Å². The van der Waals surface area contributed by atoms with Gasteiger partial charge in [-0.2, -0.15) is 0 Å². The Morgan fingerprint density at radius 1 is 1.00 bits per heavy atom. The molecule has 2 fully saturated rings. The zero-order valence-corrected chi connectivity index (χ0v) is 16.6.